The quantitative estimate of drug-likeness (QED) is 0.807. The molecular weight excluding hydrogens is 216 g/mol. The fourth-order valence-electron chi connectivity index (χ4n) is 2.40. The SMILES string of the molecule is NCc1ccnnc1N1CCCCCC1CO. The van der Waals surface area contributed by atoms with Gasteiger partial charge in [0.2, 0.25) is 0 Å². The lowest BCUT2D eigenvalue weighted by molar-refractivity contribution is 0.254. The molecule has 0 radical (unpaired) electrons. The van der Waals surface area contributed by atoms with E-state index in [1.54, 1.807) is 6.20 Å². The van der Waals surface area contributed by atoms with Crippen LogP contribution < -0.4 is 10.6 Å². The van der Waals surface area contributed by atoms with E-state index in [1.807, 2.05) is 6.07 Å². The number of aliphatic hydroxyl groups is 1. The maximum atomic E-state index is 9.49. The van der Waals surface area contributed by atoms with Crippen LogP contribution in [0.25, 0.3) is 0 Å². The van der Waals surface area contributed by atoms with Crippen molar-refractivity contribution in [3.8, 4) is 0 Å². The summed E-state index contributed by atoms with van der Waals surface area (Å²) in [5.41, 5.74) is 6.73. The summed E-state index contributed by atoms with van der Waals surface area (Å²) in [5, 5.41) is 17.6. The summed E-state index contributed by atoms with van der Waals surface area (Å²) >= 11 is 0. The number of aromatic nitrogens is 2. The van der Waals surface area contributed by atoms with Gasteiger partial charge < -0.3 is 15.7 Å². The van der Waals surface area contributed by atoms with Gasteiger partial charge in [0, 0.05) is 18.7 Å². The molecule has 0 aromatic carbocycles. The van der Waals surface area contributed by atoms with Gasteiger partial charge in [-0.15, -0.1) is 5.10 Å². The molecule has 1 aromatic heterocycles. The Morgan fingerprint density at radius 1 is 1.41 bits per heavy atom. The Morgan fingerprint density at radius 2 is 2.29 bits per heavy atom. The van der Waals surface area contributed by atoms with Crippen LogP contribution in [-0.4, -0.2) is 34.5 Å². The Balaban J connectivity index is 2.28. The summed E-state index contributed by atoms with van der Waals surface area (Å²) < 4.78 is 0. The molecule has 1 saturated heterocycles. The molecule has 1 unspecified atom stereocenters. The highest BCUT2D eigenvalue weighted by atomic mass is 16.3. The van der Waals surface area contributed by atoms with Crippen molar-refractivity contribution in [1.82, 2.24) is 10.2 Å². The Kier molecular flexibility index (Phi) is 4.28. The second-order valence-corrected chi connectivity index (χ2v) is 4.46. The molecule has 1 aliphatic rings. The molecule has 0 aliphatic carbocycles. The van der Waals surface area contributed by atoms with Gasteiger partial charge in [-0.25, -0.2) is 0 Å². The number of anilines is 1. The molecule has 3 N–H and O–H groups in total. The monoisotopic (exact) mass is 236 g/mol. The van der Waals surface area contributed by atoms with Crippen molar-refractivity contribution < 1.29 is 5.11 Å². The maximum Gasteiger partial charge on any atom is 0.156 e. The van der Waals surface area contributed by atoms with Crippen LogP contribution in [0.5, 0.6) is 0 Å². The van der Waals surface area contributed by atoms with Crippen LogP contribution >= 0.6 is 0 Å². The fourth-order valence-corrected chi connectivity index (χ4v) is 2.40. The molecule has 0 spiro atoms. The highest BCUT2D eigenvalue weighted by molar-refractivity contribution is 5.46. The summed E-state index contributed by atoms with van der Waals surface area (Å²) in [6, 6.07) is 2.06. The summed E-state index contributed by atoms with van der Waals surface area (Å²) in [7, 11) is 0. The molecule has 1 atom stereocenters. The fraction of sp³-hybridized carbons (Fsp3) is 0.667. The zero-order valence-corrected chi connectivity index (χ0v) is 10.0. The molecule has 5 heteroatoms. The molecular formula is C12H20N4O. The minimum atomic E-state index is 0.152. The first kappa shape index (κ1) is 12.3. The predicted molar refractivity (Wildman–Crippen MR) is 66.6 cm³/mol. The number of nitrogens with zero attached hydrogens (tertiary/aromatic N) is 3. The predicted octanol–water partition coefficient (Wildman–Crippen LogP) is 0.677. The molecule has 2 heterocycles. The first-order valence-electron chi connectivity index (χ1n) is 6.25. The second-order valence-electron chi connectivity index (χ2n) is 4.46. The van der Waals surface area contributed by atoms with Crippen molar-refractivity contribution in [1.29, 1.82) is 0 Å². The van der Waals surface area contributed by atoms with Gasteiger partial charge in [-0.1, -0.05) is 12.8 Å². The molecule has 1 aromatic rings. The molecule has 2 rings (SSSR count). The standard InChI is InChI=1S/C12H20N4O/c13-8-10-5-6-14-15-12(10)16-7-3-1-2-4-11(16)9-17/h5-6,11,17H,1-4,7-9,13H2. The molecule has 1 fully saturated rings. The first-order valence-corrected chi connectivity index (χ1v) is 6.25. The van der Waals surface area contributed by atoms with Gasteiger partial charge in [-0.05, 0) is 18.9 Å². The first-order chi connectivity index (χ1) is 8.36. The molecule has 0 amide bonds. The second kappa shape index (κ2) is 5.93. The maximum absolute atomic E-state index is 9.49. The topological polar surface area (TPSA) is 75.3 Å². The zero-order valence-electron chi connectivity index (χ0n) is 10.0. The van der Waals surface area contributed by atoms with E-state index in [4.69, 9.17) is 5.73 Å². The van der Waals surface area contributed by atoms with Crippen LogP contribution in [0.15, 0.2) is 12.3 Å². The van der Waals surface area contributed by atoms with E-state index in [9.17, 15) is 5.11 Å². The summed E-state index contributed by atoms with van der Waals surface area (Å²) in [5.74, 6) is 0.843. The van der Waals surface area contributed by atoms with E-state index in [0.717, 1.165) is 30.8 Å². The zero-order chi connectivity index (χ0) is 12.1. The number of hydrogen-bond donors (Lipinski definition) is 2. The van der Waals surface area contributed by atoms with E-state index >= 15 is 0 Å². The van der Waals surface area contributed by atoms with Crippen molar-refractivity contribution in [3.05, 3.63) is 17.8 Å². The molecule has 1 aliphatic heterocycles. The highest BCUT2D eigenvalue weighted by Crippen LogP contribution is 2.24. The summed E-state index contributed by atoms with van der Waals surface area (Å²) in [4.78, 5) is 2.17. The minimum Gasteiger partial charge on any atom is -0.394 e. The lowest BCUT2D eigenvalue weighted by Gasteiger charge is -2.30. The van der Waals surface area contributed by atoms with E-state index in [0.29, 0.717) is 6.54 Å². The molecule has 94 valence electrons. The molecule has 5 nitrogen and oxygen atoms in total. The van der Waals surface area contributed by atoms with Gasteiger partial charge in [0.25, 0.3) is 0 Å². The third-order valence-electron chi connectivity index (χ3n) is 3.36. The van der Waals surface area contributed by atoms with Gasteiger partial charge in [-0.2, -0.15) is 5.10 Å². The van der Waals surface area contributed by atoms with Crippen LogP contribution in [0.1, 0.15) is 31.2 Å². The molecule has 0 bridgehead atoms. The Hall–Kier alpha value is -1.20. The van der Waals surface area contributed by atoms with Crippen molar-refractivity contribution in [2.75, 3.05) is 18.1 Å². The van der Waals surface area contributed by atoms with E-state index < -0.39 is 0 Å². The van der Waals surface area contributed by atoms with Gasteiger partial charge in [0.15, 0.2) is 5.82 Å². The highest BCUT2D eigenvalue weighted by Gasteiger charge is 2.23. The van der Waals surface area contributed by atoms with Gasteiger partial charge >= 0.3 is 0 Å². The Morgan fingerprint density at radius 3 is 3.06 bits per heavy atom. The van der Waals surface area contributed by atoms with Crippen molar-refractivity contribution in [2.45, 2.75) is 38.3 Å². The Bertz CT molecular complexity index is 358. The number of rotatable bonds is 3. The van der Waals surface area contributed by atoms with Crippen LogP contribution in [0.4, 0.5) is 5.82 Å². The third-order valence-corrected chi connectivity index (χ3v) is 3.36. The smallest absolute Gasteiger partial charge is 0.156 e. The average Bonchev–Trinajstić information content (AvgIpc) is 2.63. The van der Waals surface area contributed by atoms with Crippen LogP contribution in [-0.2, 0) is 6.54 Å². The normalized spacial score (nSPS) is 21.3. The van der Waals surface area contributed by atoms with Crippen LogP contribution in [0.3, 0.4) is 0 Å². The van der Waals surface area contributed by atoms with Crippen molar-refractivity contribution >= 4 is 5.82 Å². The van der Waals surface area contributed by atoms with Crippen molar-refractivity contribution in [3.63, 3.8) is 0 Å². The average molecular weight is 236 g/mol. The van der Waals surface area contributed by atoms with Crippen LogP contribution in [0, 0.1) is 0 Å². The largest absolute Gasteiger partial charge is 0.394 e. The molecule has 17 heavy (non-hydrogen) atoms. The summed E-state index contributed by atoms with van der Waals surface area (Å²) in [6.45, 7) is 1.55. The third kappa shape index (κ3) is 2.73. The lowest BCUT2D eigenvalue weighted by Crippen LogP contribution is -2.39. The van der Waals surface area contributed by atoms with Crippen molar-refractivity contribution in [2.24, 2.45) is 5.73 Å². The van der Waals surface area contributed by atoms with E-state index in [-0.39, 0.29) is 12.6 Å². The van der Waals surface area contributed by atoms with Crippen LogP contribution in [0.2, 0.25) is 0 Å². The molecule has 0 saturated carbocycles. The lowest BCUT2D eigenvalue weighted by atomic mass is 10.1. The number of aliphatic hydroxyl groups excluding tert-OH is 1. The van der Waals surface area contributed by atoms with Gasteiger partial charge in [0.1, 0.15) is 0 Å². The Labute approximate surface area is 102 Å². The minimum absolute atomic E-state index is 0.152. The number of hydrogen-bond acceptors (Lipinski definition) is 5. The van der Waals surface area contributed by atoms with E-state index in [1.165, 1.54) is 12.8 Å². The van der Waals surface area contributed by atoms with E-state index in [2.05, 4.69) is 15.1 Å². The van der Waals surface area contributed by atoms with Gasteiger partial charge in [-0.3, -0.25) is 0 Å². The van der Waals surface area contributed by atoms with Gasteiger partial charge in [0.05, 0.1) is 18.8 Å². The number of nitrogens with two attached hydrogens (primary N) is 1. The summed E-state index contributed by atoms with van der Waals surface area (Å²) in [6.07, 6.45) is 6.19.